The van der Waals surface area contributed by atoms with Gasteiger partial charge in [0.05, 0.1) is 12.1 Å². The summed E-state index contributed by atoms with van der Waals surface area (Å²) in [5, 5.41) is 13.8. The van der Waals surface area contributed by atoms with Crippen LogP contribution < -0.4 is 4.74 Å². The lowest BCUT2D eigenvalue weighted by molar-refractivity contribution is -0.136. The van der Waals surface area contributed by atoms with E-state index in [1.807, 2.05) is 19.1 Å². The van der Waals surface area contributed by atoms with Crippen LogP contribution in [-0.4, -0.2) is 63.1 Å². The number of nitriles is 1. The van der Waals surface area contributed by atoms with Gasteiger partial charge in [-0.2, -0.15) is 10.2 Å². The van der Waals surface area contributed by atoms with Gasteiger partial charge in [0, 0.05) is 43.6 Å². The molecule has 2 heterocycles. The maximum Gasteiger partial charge on any atom is 0.258 e. The topological polar surface area (TPSA) is 113 Å². The van der Waals surface area contributed by atoms with Gasteiger partial charge in [0.25, 0.3) is 5.89 Å². The molecule has 2 aromatic carbocycles. The fourth-order valence-electron chi connectivity index (χ4n) is 5.25. The van der Waals surface area contributed by atoms with E-state index in [0.717, 1.165) is 29.5 Å². The predicted octanol–water partition coefficient (Wildman–Crippen LogP) is 3.94. The molecule has 37 heavy (non-hydrogen) atoms. The monoisotopic (exact) mass is 611 g/mol. The van der Waals surface area contributed by atoms with Gasteiger partial charge < -0.3 is 19.1 Å². The first-order valence-electron chi connectivity index (χ1n) is 12.0. The molecular formula is C27H26IN5O4. The van der Waals surface area contributed by atoms with Crippen molar-refractivity contribution in [3.8, 4) is 34.7 Å². The van der Waals surface area contributed by atoms with Crippen molar-refractivity contribution in [3.05, 3.63) is 53.1 Å². The van der Waals surface area contributed by atoms with Crippen LogP contribution in [0.5, 0.6) is 5.75 Å². The zero-order valence-corrected chi connectivity index (χ0v) is 23.0. The SMILES string of the molecule is CC(I)Oc1ccc(-c2nc(-c3cccc4c3CCC43CC(=O)N(CC(=O)N(C)C)C3)no2)cc1C#N. The van der Waals surface area contributed by atoms with Crippen molar-refractivity contribution in [2.24, 2.45) is 0 Å². The number of carbonyl (C=O) groups excluding carboxylic acids is 2. The van der Waals surface area contributed by atoms with Crippen molar-refractivity contribution in [2.75, 3.05) is 27.2 Å². The Morgan fingerprint density at radius 1 is 1.35 bits per heavy atom. The predicted molar refractivity (Wildman–Crippen MR) is 144 cm³/mol. The molecule has 1 spiro atoms. The lowest BCUT2D eigenvalue weighted by atomic mass is 9.80. The van der Waals surface area contributed by atoms with Crippen molar-refractivity contribution in [1.82, 2.24) is 19.9 Å². The lowest BCUT2D eigenvalue weighted by Crippen LogP contribution is -2.38. The molecule has 1 aromatic heterocycles. The summed E-state index contributed by atoms with van der Waals surface area (Å²) in [7, 11) is 3.40. The third-order valence-corrected chi connectivity index (χ3v) is 7.32. The van der Waals surface area contributed by atoms with Crippen LogP contribution in [0.25, 0.3) is 22.8 Å². The molecule has 0 saturated carbocycles. The molecule has 1 aliphatic heterocycles. The number of hydrogen-bond donors (Lipinski definition) is 0. The van der Waals surface area contributed by atoms with Gasteiger partial charge in [0.2, 0.25) is 17.6 Å². The quantitative estimate of drug-likeness (QED) is 0.307. The highest BCUT2D eigenvalue weighted by Gasteiger charge is 2.49. The average molecular weight is 611 g/mol. The fourth-order valence-corrected chi connectivity index (χ4v) is 5.52. The first-order valence-corrected chi connectivity index (χ1v) is 13.2. The van der Waals surface area contributed by atoms with E-state index in [1.54, 1.807) is 37.2 Å². The van der Waals surface area contributed by atoms with E-state index in [1.165, 1.54) is 4.90 Å². The van der Waals surface area contributed by atoms with Crippen molar-refractivity contribution in [1.29, 1.82) is 5.26 Å². The summed E-state index contributed by atoms with van der Waals surface area (Å²) in [6, 6.07) is 13.4. The highest BCUT2D eigenvalue weighted by molar-refractivity contribution is 14.1. The Bertz CT molecular complexity index is 1430. The minimum atomic E-state index is -0.311. The number of hydrogen-bond acceptors (Lipinski definition) is 7. The number of likely N-dealkylation sites (N-methyl/N-ethyl adjacent to an activating group) is 1. The van der Waals surface area contributed by atoms with Gasteiger partial charge in [0.1, 0.15) is 15.9 Å². The third-order valence-electron chi connectivity index (χ3n) is 7.06. The van der Waals surface area contributed by atoms with Crippen molar-refractivity contribution in [2.45, 2.75) is 35.7 Å². The Labute approximate surface area is 228 Å². The number of benzene rings is 2. The summed E-state index contributed by atoms with van der Waals surface area (Å²) in [5.41, 5.74) is 3.82. The second-order valence-corrected chi connectivity index (χ2v) is 11.5. The highest BCUT2D eigenvalue weighted by Crippen LogP contribution is 2.48. The Morgan fingerprint density at radius 2 is 2.16 bits per heavy atom. The van der Waals surface area contributed by atoms with Gasteiger partial charge in [-0.25, -0.2) is 0 Å². The molecule has 10 heteroatoms. The summed E-state index contributed by atoms with van der Waals surface area (Å²) in [6.07, 6.45) is 2.00. The van der Waals surface area contributed by atoms with Crippen molar-refractivity contribution in [3.63, 3.8) is 0 Å². The molecule has 5 rings (SSSR count). The molecule has 1 saturated heterocycles. The molecule has 2 unspecified atom stereocenters. The Hall–Kier alpha value is -3.46. The first kappa shape index (κ1) is 25.2. The molecular weight excluding hydrogens is 585 g/mol. The molecule has 0 N–H and O–H groups in total. The molecule has 3 aromatic rings. The zero-order valence-electron chi connectivity index (χ0n) is 20.8. The van der Waals surface area contributed by atoms with Crippen LogP contribution in [-0.2, 0) is 21.4 Å². The molecule has 1 fully saturated rings. The summed E-state index contributed by atoms with van der Waals surface area (Å²) in [5.74, 6) is 1.21. The maximum absolute atomic E-state index is 12.8. The van der Waals surface area contributed by atoms with Crippen LogP contribution in [0.15, 0.2) is 40.9 Å². The summed E-state index contributed by atoms with van der Waals surface area (Å²) < 4.78 is 11.2. The normalized spacial score (nSPS) is 19.1. The molecule has 1 aliphatic carbocycles. The molecule has 0 bridgehead atoms. The van der Waals surface area contributed by atoms with E-state index in [4.69, 9.17) is 9.26 Å². The van der Waals surface area contributed by atoms with E-state index in [-0.39, 0.29) is 27.9 Å². The number of carbonyl (C=O) groups is 2. The van der Waals surface area contributed by atoms with Crippen LogP contribution in [0, 0.1) is 11.3 Å². The van der Waals surface area contributed by atoms with Crippen LogP contribution in [0.3, 0.4) is 0 Å². The van der Waals surface area contributed by atoms with Gasteiger partial charge in [-0.05, 0) is 71.7 Å². The second-order valence-electron chi connectivity index (χ2n) is 9.73. The number of halogens is 1. The average Bonchev–Trinajstić information content (AvgIpc) is 3.57. The van der Waals surface area contributed by atoms with Crippen LogP contribution in [0.4, 0.5) is 0 Å². The summed E-state index contributed by atoms with van der Waals surface area (Å²) in [6.45, 7) is 2.52. The largest absolute Gasteiger partial charge is 0.479 e. The molecule has 190 valence electrons. The number of alkyl halides is 1. The smallest absolute Gasteiger partial charge is 0.258 e. The Morgan fingerprint density at radius 3 is 2.89 bits per heavy atom. The number of rotatable bonds is 6. The standard InChI is InChI=1S/C27H26IN5O4/c1-16(28)36-22-8-7-17(11-18(22)13-29)26-30-25(31-37-26)20-5-4-6-21-19(20)9-10-27(21)12-23(34)33(15-27)14-24(35)32(2)3/h4-8,11,16H,9-10,12,14-15H2,1-3H3. The molecule has 9 nitrogen and oxygen atoms in total. The highest BCUT2D eigenvalue weighted by atomic mass is 127. The second kappa shape index (κ2) is 9.78. The summed E-state index contributed by atoms with van der Waals surface area (Å²) in [4.78, 5) is 32.9. The van der Waals surface area contributed by atoms with Gasteiger partial charge >= 0.3 is 0 Å². The molecule has 2 atom stereocenters. The van der Waals surface area contributed by atoms with E-state index in [0.29, 0.717) is 41.6 Å². The van der Waals surface area contributed by atoms with E-state index < -0.39 is 0 Å². The van der Waals surface area contributed by atoms with Crippen molar-refractivity contribution >= 4 is 34.4 Å². The molecule has 2 amide bonds. The summed E-state index contributed by atoms with van der Waals surface area (Å²) >= 11 is 2.13. The van der Waals surface area contributed by atoms with Crippen LogP contribution in [0.1, 0.15) is 36.5 Å². The van der Waals surface area contributed by atoms with Gasteiger partial charge in [0.15, 0.2) is 0 Å². The van der Waals surface area contributed by atoms with Crippen LogP contribution in [0.2, 0.25) is 0 Å². The van der Waals surface area contributed by atoms with Crippen LogP contribution >= 0.6 is 22.6 Å². The minimum absolute atomic E-state index is 0.00739. The minimum Gasteiger partial charge on any atom is -0.479 e. The maximum atomic E-state index is 12.8. The van der Waals surface area contributed by atoms with Gasteiger partial charge in [-0.15, -0.1) is 0 Å². The van der Waals surface area contributed by atoms with Crippen molar-refractivity contribution < 1.29 is 18.8 Å². The molecule has 0 radical (unpaired) electrons. The number of nitrogens with zero attached hydrogens (tertiary/aromatic N) is 5. The number of aromatic nitrogens is 2. The van der Waals surface area contributed by atoms with E-state index >= 15 is 0 Å². The first-order chi connectivity index (χ1) is 17.7. The Kier molecular flexibility index (Phi) is 6.66. The lowest BCUT2D eigenvalue weighted by Gasteiger charge is -2.25. The van der Waals surface area contributed by atoms with Gasteiger partial charge in [-0.3, -0.25) is 9.59 Å². The number of likely N-dealkylation sites (tertiary alicyclic amines) is 1. The number of ether oxygens (including phenoxy) is 1. The van der Waals surface area contributed by atoms with E-state index in [2.05, 4.69) is 44.9 Å². The zero-order chi connectivity index (χ0) is 26.3. The third kappa shape index (κ3) is 4.68. The van der Waals surface area contributed by atoms with Gasteiger partial charge in [-0.1, -0.05) is 23.4 Å². The van der Waals surface area contributed by atoms with E-state index in [9.17, 15) is 14.9 Å². The number of amides is 2. The fraction of sp³-hybridized carbons (Fsp3) is 0.370. The Balaban J connectivity index is 1.43. The number of fused-ring (bicyclic) bond motifs is 2. The molecule has 2 aliphatic rings.